The maximum Gasteiger partial charge on any atom is 0.191 e. The van der Waals surface area contributed by atoms with Gasteiger partial charge in [0.2, 0.25) is 0 Å². The van der Waals surface area contributed by atoms with Crippen LogP contribution in [0.3, 0.4) is 0 Å². The van der Waals surface area contributed by atoms with E-state index in [1.165, 1.54) is 0 Å². The van der Waals surface area contributed by atoms with Crippen molar-refractivity contribution in [1.29, 1.82) is 0 Å². The van der Waals surface area contributed by atoms with E-state index in [-0.39, 0.29) is 17.8 Å². The van der Waals surface area contributed by atoms with Gasteiger partial charge in [0.1, 0.15) is 11.9 Å². The molecular weight excluding hydrogens is 378 g/mol. The zero-order valence-corrected chi connectivity index (χ0v) is 17.6. The molecule has 2 unspecified atom stereocenters. The normalized spacial score (nSPS) is 24.3. The molecule has 2 saturated heterocycles. The van der Waals surface area contributed by atoms with Gasteiger partial charge in [-0.2, -0.15) is 0 Å². The summed E-state index contributed by atoms with van der Waals surface area (Å²) in [5.41, 5.74) is 2.17. The summed E-state index contributed by atoms with van der Waals surface area (Å²) in [5.74, 6) is 2.26. The Labute approximate surface area is 167 Å². The number of guanidine groups is 1. The van der Waals surface area contributed by atoms with Crippen LogP contribution in [0.15, 0.2) is 23.2 Å². The minimum atomic E-state index is -2.86. The number of benzene rings is 1. The fourth-order valence-corrected chi connectivity index (χ4v) is 5.33. The lowest BCUT2D eigenvalue weighted by atomic mass is 10.1. The van der Waals surface area contributed by atoms with Gasteiger partial charge < -0.3 is 20.1 Å². The summed E-state index contributed by atoms with van der Waals surface area (Å²) in [7, 11) is -2.86. The zero-order chi connectivity index (χ0) is 20.0. The molecule has 2 N–H and O–H groups in total. The van der Waals surface area contributed by atoms with E-state index in [1.54, 1.807) is 0 Å². The molecule has 2 atom stereocenters. The third-order valence-electron chi connectivity index (χ3n) is 5.04. The topological polar surface area (TPSA) is 89.0 Å². The molecule has 1 aromatic rings. The Morgan fingerprint density at radius 3 is 2.86 bits per heavy atom. The molecule has 0 amide bonds. The Morgan fingerprint density at radius 1 is 1.32 bits per heavy atom. The standard InChI is InChI=1S/C20H31N3O4S/c1-3-21-20(22-11-16-7-9-28(24,25)14-16)23-12-17-5-4-15(2)10-19(17)27-18-6-8-26-13-18/h4-5,10,16,18H,3,6-9,11-14H2,1-2H3,(H2,21,22,23). The van der Waals surface area contributed by atoms with Crippen molar-refractivity contribution in [3.63, 3.8) is 0 Å². The predicted octanol–water partition coefficient (Wildman–Crippen LogP) is 1.65. The van der Waals surface area contributed by atoms with Gasteiger partial charge in [-0.15, -0.1) is 0 Å². The molecule has 0 aliphatic carbocycles. The zero-order valence-electron chi connectivity index (χ0n) is 16.7. The fraction of sp³-hybridized carbons (Fsp3) is 0.650. The van der Waals surface area contributed by atoms with Crippen LogP contribution in [0.1, 0.15) is 30.9 Å². The number of ether oxygens (including phenoxy) is 2. The largest absolute Gasteiger partial charge is 0.488 e. The van der Waals surface area contributed by atoms with E-state index in [4.69, 9.17) is 9.47 Å². The number of aliphatic imine (C=N–C) groups is 1. The molecule has 2 aliphatic heterocycles. The van der Waals surface area contributed by atoms with E-state index < -0.39 is 9.84 Å². The van der Waals surface area contributed by atoms with Gasteiger partial charge >= 0.3 is 0 Å². The first-order chi connectivity index (χ1) is 13.4. The van der Waals surface area contributed by atoms with E-state index in [0.29, 0.717) is 37.8 Å². The van der Waals surface area contributed by atoms with Crippen LogP contribution in [-0.4, -0.2) is 58.3 Å². The van der Waals surface area contributed by atoms with Crippen molar-refractivity contribution < 1.29 is 17.9 Å². The number of sulfone groups is 1. The second-order valence-corrected chi connectivity index (χ2v) is 9.79. The summed E-state index contributed by atoms with van der Waals surface area (Å²) < 4.78 is 34.8. The Bertz CT molecular complexity index is 789. The van der Waals surface area contributed by atoms with Crippen molar-refractivity contribution in [3.05, 3.63) is 29.3 Å². The molecule has 0 radical (unpaired) electrons. The average Bonchev–Trinajstić information content (AvgIpc) is 3.28. The lowest BCUT2D eigenvalue weighted by Gasteiger charge is -2.17. The summed E-state index contributed by atoms with van der Waals surface area (Å²) in [6, 6.07) is 6.16. The summed E-state index contributed by atoms with van der Waals surface area (Å²) in [5, 5.41) is 6.52. The molecule has 0 bridgehead atoms. The van der Waals surface area contributed by atoms with Crippen LogP contribution in [0.2, 0.25) is 0 Å². The van der Waals surface area contributed by atoms with Crippen LogP contribution >= 0.6 is 0 Å². The maximum atomic E-state index is 11.6. The first-order valence-corrected chi connectivity index (χ1v) is 11.8. The number of hydrogen-bond donors (Lipinski definition) is 2. The number of hydrogen-bond acceptors (Lipinski definition) is 5. The lowest BCUT2D eigenvalue weighted by molar-refractivity contribution is 0.140. The molecule has 2 aliphatic rings. The van der Waals surface area contributed by atoms with Crippen LogP contribution in [0.5, 0.6) is 5.75 Å². The summed E-state index contributed by atoms with van der Waals surface area (Å²) in [6.45, 7) is 7.28. The first kappa shape index (κ1) is 20.9. The Kier molecular flexibility index (Phi) is 7.18. The summed E-state index contributed by atoms with van der Waals surface area (Å²) in [6.07, 6.45) is 1.72. The molecule has 1 aromatic carbocycles. The van der Waals surface area contributed by atoms with Gasteiger partial charge in [-0.1, -0.05) is 12.1 Å². The molecule has 7 nitrogen and oxygen atoms in total. The van der Waals surface area contributed by atoms with Crippen LogP contribution in [0.25, 0.3) is 0 Å². The van der Waals surface area contributed by atoms with E-state index in [1.807, 2.05) is 19.9 Å². The van der Waals surface area contributed by atoms with Gasteiger partial charge in [-0.3, -0.25) is 0 Å². The molecule has 28 heavy (non-hydrogen) atoms. The minimum absolute atomic E-state index is 0.0974. The molecule has 0 saturated carbocycles. The molecule has 8 heteroatoms. The van der Waals surface area contributed by atoms with Gasteiger partial charge in [-0.05, 0) is 37.8 Å². The van der Waals surface area contributed by atoms with Crippen molar-refractivity contribution in [2.75, 3.05) is 37.8 Å². The van der Waals surface area contributed by atoms with Crippen LogP contribution in [0.4, 0.5) is 0 Å². The fourth-order valence-electron chi connectivity index (χ4n) is 3.47. The monoisotopic (exact) mass is 409 g/mol. The van der Waals surface area contributed by atoms with Crippen molar-refractivity contribution in [2.45, 2.75) is 39.3 Å². The van der Waals surface area contributed by atoms with Crippen LogP contribution in [0, 0.1) is 12.8 Å². The number of nitrogens with one attached hydrogen (secondary N) is 2. The van der Waals surface area contributed by atoms with Crippen molar-refractivity contribution in [1.82, 2.24) is 10.6 Å². The van der Waals surface area contributed by atoms with Crippen molar-refractivity contribution in [3.8, 4) is 5.75 Å². The quantitative estimate of drug-likeness (QED) is 0.526. The predicted molar refractivity (Wildman–Crippen MR) is 111 cm³/mol. The van der Waals surface area contributed by atoms with E-state index in [0.717, 1.165) is 36.4 Å². The highest BCUT2D eigenvalue weighted by Gasteiger charge is 2.27. The number of nitrogens with zero attached hydrogens (tertiary/aromatic N) is 1. The van der Waals surface area contributed by atoms with Crippen molar-refractivity contribution >= 4 is 15.8 Å². The molecule has 0 aromatic heterocycles. The Balaban J connectivity index is 1.63. The molecule has 2 heterocycles. The van der Waals surface area contributed by atoms with E-state index in [9.17, 15) is 8.42 Å². The number of rotatable bonds is 7. The van der Waals surface area contributed by atoms with Gasteiger partial charge in [0, 0.05) is 25.1 Å². The maximum absolute atomic E-state index is 11.6. The summed E-state index contributed by atoms with van der Waals surface area (Å²) >= 11 is 0. The van der Waals surface area contributed by atoms with Gasteiger partial charge in [-0.25, -0.2) is 13.4 Å². The van der Waals surface area contributed by atoms with Gasteiger partial charge in [0.05, 0.1) is 31.3 Å². The van der Waals surface area contributed by atoms with E-state index in [2.05, 4.69) is 27.8 Å². The highest BCUT2D eigenvalue weighted by atomic mass is 32.2. The molecular formula is C20H31N3O4S. The highest BCUT2D eigenvalue weighted by molar-refractivity contribution is 7.91. The molecule has 0 spiro atoms. The van der Waals surface area contributed by atoms with Crippen molar-refractivity contribution in [2.24, 2.45) is 10.9 Å². The summed E-state index contributed by atoms with van der Waals surface area (Å²) in [4.78, 5) is 4.68. The third kappa shape index (κ3) is 6.10. The highest BCUT2D eigenvalue weighted by Crippen LogP contribution is 2.24. The van der Waals surface area contributed by atoms with Gasteiger partial charge in [0.15, 0.2) is 15.8 Å². The minimum Gasteiger partial charge on any atom is -0.488 e. The first-order valence-electron chi connectivity index (χ1n) is 10.0. The SMILES string of the molecule is CCNC(=NCc1ccc(C)cc1OC1CCOC1)NCC1CCS(=O)(=O)C1. The third-order valence-corrected chi connectivity index (χ3v) is 6.88. The average molecular weight is 410 g/mol. The van der Waals surface area contributed by atoms with Crippen LogP contribution in [-0.2, 0) is 21.1 Å². The second kappa shape index (κ2) is 9.60. The van der Waals surface area contributed by atoms with Gasteiger partial charge in [0.25, 0.3) is 0 Å². The smallest absolute Gasteiger partial charge is 0.191 e. The molecule has 2 fully saturated rings. The molecule has 156 valence electrons. The van der Waals surface area contributed by atoms with Crippen LogP contribution < -0.4 is 15.4 Å². The number of aryl methyl sites for hydroxylation is 1. The Hall–Kier alpha value is -1.80. The Morgan fingerprint density at radius 2 is 2.18 bits per heavy atom. The van der Waals surface area contributed by atoms with E-state index >= 15 is 0 Å². The molecule has 3 rings (SSSR count). The second-order valence-electron chi connectivity index (χ2n) is 7.56. The lowest BCUT2D eigenvalue weighted by Crippen LogP contribution is -2.40.